The molecule has 0 bridgehead atoms. The van der Waals surface area contributed by atoms with Crippen molar-refractivity contribution in [3.8, 4) is 0 Å². The van der Waals surface area contributed by atoms with Gasteiger partial charge in [0.15, 0.2) is 11.7 Å². The topological polar surface area (TPSA) is 81.9 Å². The SMILES string of the molecule is CN=C(NCCCNC(=O)c1occc1C)NC1CCCN(c2ccccc2)C1. The molecule has 156 valence electrons. The van der Waals surface area contributed by atoms with Crippen LogP contribution in [0.5, 0.6) is 0 Å². The van der Waals surface area contributed by atoms with Gasteiger partial charge < -0.3 is 25.3 Å². The van der Waals surface area contributed by atoms with Gasteiger partial charge in [0.05, 0.1) is 6.26 Å². The molecule has 3 N–H and O–H groups in total. The number of carbonyl (C=O) groups excluding carboxylic acids is 1. The van der Waals surface area contributed by atoms with Crippen LogP contribution in [-0.2, 0) is 0 Å². The molecule has 0 spiro atoms. The van der Waals surface area contributed by atoms with Crippen molar-refractivity contribution in [2.45, 2.75) is 32.2 Å². The van der Waals surface area contributed by atoms with E-state index in [1.807, 2.05) is 13.0 Å². The third kappa shape index (κ3) is 6.01. The molecule has 1 saturated heterocycles. The van der Waals surface area contributed by atoms with Crippen LogP contribution in [0.2, 0.25) is 0 Å². The highest BCUT2D eigenvalue weighted by Crippen LogP contribution is 2.19. The quantitative estimate of drug-likeness (QED) is 0.380. The molecule has 1 amide bonds. The van der Waals surface area contributed by atoms with Crippen molar-refractivity contribution in [3.05, 3.63) is 54.0 Å². The van der Waals surface area contributed by atoms with Crippen molar-refractivity contribution in [1.29, 1.82) is 0 Å². The number of rotatable bonds is 7. The molecular formula is C22H31N5O2. The molecule has 1 atom stereocenters. The van der Waals surface area contributed by atoms with E-state index in [9.17, 15) is 4.79 Å². The molecule has 1 aromatic heterocycles. The Kier molecular flexibility index (Phi) is 7.55. The molecule has 1 fully saturated rings. The van der Waals surface area contributed by atoms with E-state index in [4.69, 9.17) is 4.42 Å². The lowest BCUT2D eigenvalue weighted by Crippen LogP contribution is -2.51. The fourth-order valence-corrected chi connectivity index (χ4v) is 3.54. The van der Waals surface area contributed by atoms with E-state index in [0.29, 0.717) is 18.3 Å². The summed E-state index contributed by atoms with van der Waals surface area (Å²) in [6, 6.07) is 12.7. The second-order valence-electron chi connectivity index (χ2n) is 7.31. The third-order valence-electron chi connectivity index (χ3n) is 5.11. The zero-order chi connectivity index (χ0) is 20.5. The first-order valence-electron chi connectivity index (χ1n) is 10.3. The lowest BCUT2D eigenvalue weighted by Gasteiger charge is -2.35. The minimum atomic E-state index is -0.168. The summed E-state index contributed by atoms with van der Waals surface area (Å²) in [5, 5.41) is 9.75. The maximum Gasteiger partial charge on any atom is 0.287 e. The van der Waals surface area contributed by atoms with E-state index in [-0.39, 0.29) is 5.91 Å². The summed E-state index contributed by atoms with van der Waals surface area (Å²) in [5.41, 5.74) is 2.12. The number of nitrogens with one attached hydrogen (secondary N) is 3. The molecule has 3 rings (SSSR count). The number of hydrogen-bond donors (Lipinski definition) is 3. The Labute approximate surface area is 172 Å². The normalized spacial score (nSPS) is 17.1. The van der Waals surface area contributed by atoms with E-state index < -0.39 is 0 Å². The average molecular weight is 398 g/mol. The number of para-hydroxylation sites is 1. The molecule has 0 saturated carbocycles. The van der Waals surface area contributed by atoms with Crippen molar-refractivity contribution >= 4 is 17.6 Å². The minimum Gasteiger partial charge on any atom is -0.459 e. The number of nitrogens with zero attached hydrogens (tertiary/aromatic N) is 2. The smallest absolute Gasteiger partial charge is 0.287 e. The molecule has 7 nitrogen and oxygen atoms in total. The lowest BCUT2D eigenvalue weighted by molar-refractivity contribution is 0.0925. The first-order valence-corrected chi connectivity index (χ1v) is 10.3. The van der Waals surface area contributed by atoms with E-state index >= 15 is 0 Å². The van der Waals surface area contributed by atoms with Gasteiger partial charge in [-0.15, -0.1) is 0 Å². The zero-order valence-corrected chi connectivity index (χ0v) is 17.3. The lowest BCUT2D eigenvalue weighted by atomic mass is 10.1. The van der Waals surface area contributed by atoms with Crippen molar-refractivity contribution in [3.63, 3.8) is 0 Å². The molecule has 7 heteroatoms. The minimum absolute atomic E-state index is 0.168. The molecule has 29 heavy (non-hydrogen) atoms. The van der Waals surface area contributed by atoms with Gasteiger partial charge in [-0.05, 0) is 44.4 Å². The number of furan rings is 1. The van der Waals surface area contributed by atoms with Crippen molar-refractivity contribution in [2.75, 3.05) is 38.1 Å². The van der Waals surface area contributed by atoms with E-state index in [1.54, 1.807) is 13.1 Å². The molecule has 0 aliphatic carbocycles. The van der Waals surface area contributed by atoms with Crippen LogP contribution >= 0.6 is 0 Å². The highest BCUT2D eigenvalue weighted by atomic mass is 16.3. The Morgan fingerprint density at radius 1 is 1.21 bits per heavy atom. The number of guanidine groups is 1. The van der Waals surface area contributed by atoms with Crippen LogP contribution in [0.3, 0.4) is 0 Å². The Morgan fingerprint density at radius 2 is 2.00 bits per heavy atom. The molecule has 0 radical (unpaired) electrons. The Bertz CT molecular complexity index is 803. The number of carbonyl (C=O) groups is 1. The van der Waals surface area contributed by atoms with Gasteiger partial charge in [-0.1, -0.05) is 18.2 Å². The van der Waals surface area contributed by atoms with Gasteiger partial charge in [-0.25, -0.2) is 0 Å². The number of anilines is 1. The van der Waals surface area contributed by atoms with Crippen LogP contribution < -0.4 is 20.9 Å². The molecule has 1 aliphatic heterocycles. The molecule has 2 heterocycles. The van der Waals surface area contributed by atoms with Gasteiger partial charge >= 0.3 is 0 Å². The summed E-state index contributed by atoms with van der Waals surface area (Å²) in [6.45, 7) is 5.21. The summed E-state index contributed by atoms with van der Waals surface area (Å²) in [6.07, 6.45) is 4.61. The second kappa shape index (κ2) is 10.5. The number of benzene rings is 1. The number of amides is 1. The number of hydrogen-bond acceptors (Lipinski definition) is 4. The van der Waals surface area contributed by atoms with Crippen LogP contribution in [-0.4, -0.2) is 51.1 Å². The van der Waals surface area contributed by atoms with Crippen LogP contribution in [0.15, 0.2) is 52.1 Å². The van der Waals surface area contributed by atoms with Crippen molar-refractivity contribution in [2.24, 2.45) is 4.99 Å². The van der Waals surface area contributed by atoms with E-state index in [1.165, 1.54) is 12.0 Å². The van der Waals surface area contributed by atoms with Crippen LogP contribution in [0.4, 0.5) is 5.69 Å². The predicted octanol–water partition coefficient (Wildman–Crippen LogP) is 2.54. The van der Waals surface area contributed by atoms with E-state index in [2.05, 4.69) is 50.1 Å². The summed E-state index contributed by atoms with van der Waals surface area (Å²) < 4.78 is 5.20. The van der Waals surface area contributed by atoms with Gasteiger partial charge in [0, 0.05) is 50.5 Å². The molecule has 1 unspecified atom stereocenters. The van der Waals surface area contributed by atoms with E-state index in [0.717, 1.165) is 50.4 Å². The Morgan fingerprint density at radius 3 is 2.72 bits per heavy atom. The van der Waals surface area contributed by atoms with Crippen LogP contribution in [0, 0.1) is 6.92 Å². The Hall–Kier alpha value is -2.96. The van der Waals surface area contributed by atoms with Gasteiger partial charge in [-0.2, -0.15) is 0 Å². The molecule has 2 aromatic rings. The highest BCUT2D eigenvalue weighted by molar-refractivity contribution is 5.92. The summed E-state index contributed by atoms with van der Waals surface area (Å²) in [7, 11) is 1.79. The maximum atomic E-state index is 12.0. The zero-order valence-electron chi connectivity index (χ0n) is 17.3. The first-order chi connectivity index (χ1) is 14.2. The van der Waals surface area contributed by atoms with Crippen molar-refractivity contribution in [1.82, 2.24) is 16.0 Å². The molecule has 1 aliphatic rings. The first kappa shape index (κ1) is 20.8. The van der Waals surface area contributed by atoms with Gasteiger partial charge in [0.1, 0.15) is 0 Å². The standard InChI is InChI=1S/C22H31N5O2/c1-17-11-15-29-20(17)21(28)24-12-7-13-25-22(23-2)26-18-8-6-14-27(16-18)19-9-4-3-5-10-19/h3-5,9-11,15,18H,6-8,12-14,16H2,1-2H3,(H,24,28)(H2,23,25,26). The third-order valence-corrected chi connectivity index (χ3v) is 5.11. The summed E-state index contributed by atoms with van der Waals surface area (Å²) >= 11 is 0. The largest absolute Gasteiger partial charge is 0.459 e. The Balaban J connectivity index is 1.37. The molecule has 1 aromatic carbocycles. The summed E-state index contributed by atoms with van der Waals surface area (Å²) in [5.74, 6) is 1.02. The number of aliphatic imine (C=N–C) groups is 1. The van der Waals surface area contributed by atoms with Gasteiger partial charge in [0.25, 0.3) is 5.91 Å². The fraction of sp³-hybridized carbons (Fsp3) is 0.455. The monoisotopic (exact) mass is 397 g/mol. The fourth-order valence-electron chi connectivity index (χ4n) is 3.54. The van der Waals surface area contributed by atoms with Gasteiger partial charge in [-0.3, -0.25) is 9.79 Å². The second-order valence-corrected chi connectivity index (χ2v) is 7.31. The number of aryl methyl sites for hydroxylation is 1. The summed E-state index contributed by atoms with van der Waals surface area (Å²) in [4.78, 5) is 18.8. The van der Waals surface area contributed by atoms with Gasteiger partial charge in [0.2, 0.25) is 0 Å². The predicted molar refractivity (Wildman–Crippen MR) is 117 cm³/mol. The van der Waals surface area contributed by atoms with Crippen molar-refractivity contribution < 1.29 is 9.21 Å². The number of piperidine rings is 1. The maximum absolute atomic E-state index is 12.0. The average Bonchev–Trinajstić information content (AvgIpc) is 3.19. The highest BCUT2D eigenvalue weighted by Gasteiger charge is 2.20. The van der Waals surface area contributed by atoms with Crippen LogP contribution in [0.25, 0.3) is 0 Å². The van der Waals surface area contributed by atoms with Crippen LogP contribution in [0.1, 0.15) is 35.4 Å². The molecular weight excluding hydrogens is 366 g/mol.